The minimum Gasteiger partial charge on any atom is -0.292 e. The van der Waals surface area contributed by atoms with E-state index < -0.39 is 0 Å². The van der Waals surface area contributed by atoms with E-state index in [-0.39, 0.29) is 0 Å². The van der Waals surface area contributed by atoms with Gasteiger partial charge < -0.3 is 0 Å². The maximum atomic E-state index is 4.98. The Morgan fingerprint density at radius 3 is 1.97 bits per heavy atom. The van der Waals surface area contributed by atoms with Crippen LogP contribution in [0.15, 0.2) is 128 Å². The van der Waals surface area contributed by atoms with Crippen molar-refractivity contribution in [3.63, 3.8) is 0 Å². The Balaban J connectivity index is 0.00000135. The summed E-state index contributed by atoms with van der Waals surface area (Å²) in [6, 6.07) is 36.9. The average molecular weight is 506 g/mol. The Kier molecular flexibility index (Phi) is 6.62. The van der Waals surface area contributed by atoms with Crippen LogP contribution in [-0.4, -0.2) is 24.5 Å². The van der Waals surface area contributed by atoms with E-state index in [0.29, 0.717) is 0 Å². The van der Waals surface area contributed by atoms with Crippen LogP contribution in [0.1, 0.15) is 13.8 Å². The highest BCUT2D eigenvalue weighted by atomic mass is 15.1. The molecule has 0 fully saturated rings. The van der Waals surface area contributed by atoms with Crippen molar-refractivity contribution in [1.82, 2.24) is 24.5 Å². The van der Waals surface area contributed by atoms with Gasteiger partial charge in [-0.15, -0.1) is 0 Å². The van der Waals surface area contributed by atoms with Crippen molar-refractivity contribution in [2.75, 3.05) is 0 Å². The molecule has 7 aromatic rings. The summed E-state index contributed by atoms with van der Waals surface area (Å²) in [5, 5.41) is 1.08. The zero-order valence-electron chi connectivity index (χ0n) is 21.9. The molecule has 0 unspecified atom stereocenters. The van der Waals surface area contributed by atoms with Gasteiger partial charge in [-0.3, -0.25) is 19.5 Å². The molecule has 5 aromatic heterocycles. The Hall–Kier alpha value is -5.16. The monoisotopic (exact) mass is 505 g/mol. The summed E-state index contributed by atoms with van der Waals surface area (Å²) in [7, 11) is 0. The number of aromatic nitrogens is 5. The van der Waals surface area contributed by atoms with Crippen LogP contribution in [0, 0.1) is 0 Å². The molecule has 0 N–H and O–H groups in total. The van der Waals surface area contributed by atoms with Gasteiger partial charge in [0.2, 0.25) is 0 Å². The molecule has 188 valence electrons. The molecule has 5 nitrogen and oxygen atoms in total. The van der Waals surface area contributed by atoms with Gasteiger partial charge in [0.25, 0.3) is 0 Å². The number of fused-ring (bicyclic) bond motifs is 3. The van der Waals surface area contributed by atoms with Crippen molar-refractivity contribution in [1.29, 1.82) is 0 Å². The van der Waals surface area contributed by atoms with Gasteiger partial charge in [-0.05, 0) is 71.8 Å². The van der Waals surface area contributed by atoms with Gasteiger partial charge in [0.1, 0.15) is 5.82 Å². The molecule has 0 aliphatic carbocycles. The van der Waals surface area contributed by atoms with Crippen molar-refractivity contribution < 1.29 is 0 Å². The van der Waals surface area contributed by atoms with Crippen LogP contribution in [0.5, 0.6) is 0 Å². The largest absolute Gasteiger partial charge is 0.292 e. The predicted molar refractivity (Wildman–Crippen MR) is 160 cm³/mol. The third-order valence-electron chi connectivity index (χ3n) is 6.59. The summed E-state index contributed by atoms with van der Waals surface area (Å²) in [4.78, 5) is 18.8. The Labute approximate surface area is 227 Å². The van der Waals surface area contributed by atoms with Crippen molar-refractivity contribution in [2.24, 2.45) is 0 Å². The van der Waals surface area contributed by atoms with Crippen molar-refractivity contribution in [2.45, 2.75) is 13.8 Å². The van der Waals surface area contributed by atoms with E-state index in [1.165, 1.54) is 0 Å². The van der Waals surface area contributed by atoms with E-state index in [0.717, 1.165) is 61.5 Å². The number of hydrogen-bond donors (Lipinski definition) is 0. The van der Waals surface area contributed by atoms with E-state index >= 15 is 0 Å². The number of pyridine rings is 4. The van der Waals surface area contributed by atoms with Crippen LogP contribution < -0.4 is 0 Å². The van der Waals surface area contributed by atoms with Crippen molar-refractivity contribution in [3.05, 3.63) is 128 Å². The van der Waals surface area contributed by atoms with E-state index in [9.17, 15) is 0 Å². The Morgan fingerprint density at radius 1 is 0.513 bits per heavy atom. The molecule has 0 atom stereocenters. The number of rotatable bonds is 4. The summed E-state index contributed by atoms with van der Waals surface area (Å²) in [5.41, 5.74) is 8.99. The first-order chi connectivity index (χ1) is 19.4. The molecular formula is C34H27N5. The lowest BCUT2D eigenvalue weighted by Crippen LogP contribution is -1.99. The van der Waals surface area contributed by atoms with Crippen LogP contribution in [-0.2, 0) is 0 Å². The van der Waals surface area contributed by atoms with Gasteiger partial charge >= 0.3 is 0 Å². The van der Waals surface area contributed by atoms with E-state index in [2.05, 4.69) is 63.1 Å². The van der Waals surface area contributed by atoms with Crippen LogP contribution in [0.25, 0.3) is 61.5 Å². The molecular weight excluding hydrogens is 478 g/mol. The smallest absolute Gasteiger partial charge is 0.138 e. The van der Waals surface area contributed by atoms with Crippen LogP contribution in [0.4, 0.5) is 0 Å². The summed E-state index contributed by atoms with van der Waals surface area (Å²) < 4.78 is 2.18. The lowest BCUT2D eigenvalue weighted by Gasteiger charge is -2.11. The van der Waals surface area contributed by atoms with Crippen molar-refractivity contribution in [3.8, 4) is 39.6 Å². The maximum absolute atomic E-state index is 4.98. The van der Waals surface area contributed by atoms with Crippen LogP contribution in [0.3, 0.4) is 0 Å². The second-order valence-electron chi connectivity index (χ2n) is 8.80. The summed E-state index contributed by atoms with van der Waals surface area (Å²) in [5.74, 6) is 0.831. The third kappa shape index (κ3) is 4.44. The minimum absolute atomic E-state index is 0.831. The first kappa shape index (κ1) is 24.2. The first-order valence-corrected chi connectivity index (χ1v) is 13.2. The minimum atomic E-state index is 0.831. The maximum Gasteiger partial charge on any atom is 0.138 e. The average Bonchev–Trinajstić information content (AvgIpc) is 3.37. The molecule has 5 heterocycles. The molecule has 0 aliphatic heterocycles. The van der Waals surface area contributed by atoms with E-state index in [1.807, 2.05) is 86.9 Å². The lowest BCUT2D eigenvalue weighted by atomic mass is 9.96. The summed E-state index contributed by atoms with van der Waals surface area (Å²) in [6.45, 7) is 4.00. The molecule has 5 heteroatoms. The second-order valence-corrected chi connectivity index (χ2v) is 8.80. The SMILES string of the molecule is CC.c1ccc(-c2cccc(-n3c4ccc(-c5ccccc5-c5ccccn5)cc4c4ncccc43)n2)nc1. The zero-order valence-corrected chi connectivity index (χ0v) is 21.9. The topological polar surface area (TPSA) is 56.5 Å². The quantitative estimate of drug-likeness (QED) is 0.241. The summed E-state index contributed by atoms with van der Waals surface area (Å²) >= 11 is 0. The highest BCUT2D eigenvalue weighted by Gasteiger charge is 2.16. The first-order valence-electron chi connectivity index (χ1n) is 13.2. The second kappa shape index (κ2) is 10.7. The molecule has 0 aliphatic rings. The highest BCUT2D eigenvalue weighted by molar-refractivity contribution is 6.08. The Bertz CT molecular complexity index is 1880. The molecule has 0 amide bonds. The fourth-order valence-corrected chi connectivity index (χ4v) is 4.93. The fraction of sp³-hybridized carbons (Fsp3) is 0.0588. The predicted octanol–water partition coefficient (Wildman–Crippen LogP) is 8.39. The zero-order chi connectivity index (χ0) is 26.6. The van der Waals surface area contributed by atoms with Crippen molar-refractivity contribution >= 4 is 21.9 Å². The van der Waals surface area contributed by atoms with Gasteiger partial charge in [-0.2, -0.15) is 0 Å². The van der Waals surface area contributed by atoms with Gasteiger partial charge in [0.15, 0.2) is 0 Å². The molecule has 0 spiro atoms. The van der Waals surface area contributed by atoms with E-state index in [1.54, 1.807) is 6.20 Å². The molecule has 0 saturated heterocycles. The number of hydrogen-bond acceptors (Lipinski definition) is 4. The van der Waals surface area contributed by atoms with Gasteiger partial charge in [-0.1, -0.05) is 62.4 Å². The van der Waals surface area contributed by atoms with Gasteiger partial charge in [0, 0.05) is 29.5 Å². The molecule has 0 saturated carbocycles. The van der Waals surface area contributed by atoms with Crippen LogP contribution in [0.2, 0.25) is 0 Å². The molecule has 39 heavy (non-hydrogen) atoms. The molecule has 7 rings (SSSR count). The lowest BCUT2D eigenvalue weighted by molar-refractivity contribution is 1.08. The number of nitrogens with zero attached hydrogens (tertiary/aromatic N) is 5. The summed E-state index contributed by atoms with van der Waals surface area (Å²) in [6.07, 6.45) is 5.47. The van der Waals surface area contributed by atoms with Crippen LogP contribution >= 0.6 is 0 Å². The number of benzene rings is 2. The normalized spacial score (nSPS) is 10.8. The highest BCUT2D eigenvalue weighted by Crippen LogP contribution is 2.36. The molecule has 0 bridgehead atoms. The standard InChI is InChI=1S/C32H21N5.C2H6/c1-2-10-24(26-11-3-5-18-33-26)23(9-1)22-16-17-29-25(21-22)32-30(14-8-20-35-32)37(29)31-15-7-13-28(36-31)27-12-4-6-19-34-27;1-2/h1-21H;1-2H3. The molecule has 0 radical (unpaired) electrons. The van der Waals surface area contributed by atoms with Gasteiger partial charge in [0.05, 0.1) is 33.6 Å². The fourth-order valence-electron chi connectivity index (χ4n) is 4.93. The van der Waals surface area contributed by atoms with Gasteiger partial charge in [-0.25, -0.2) is 4.98 Å². The molecule has 2 aromatic carbocycles. The van der Waals surface area contributed by atoms with E-state index in [4.69, 9.17) is 9.97 Å². The third-order valence-corrected chi connectivity index (χ3v) is 6.59. The Morgan fingerprint density at radius 2 is 1.21 bits per heavy atom.